The van der Waals surface area contributed by atoms with Crippen molar-refractivity contribution in [3.05, 3.63) is 16.1 Å². The lowest BCUT2D eigenvalue weighted by atomic mass is 10.3. The van der Waals surface area contributed by atoms with Crippen LogP contribution in [0, 0.1) is 0 Å². The zero-order chi connectivity index (χ0) is 15.1. The van der Waals surface area contributed by atoms with Gasteiger partial charge in [-0.25, -0.2) is 14.6 Å². The van der Waals surface area contributed by atoms with Crippen LogP contribution in [0.4, 0.5) is 4.79 Å². The monoisotopic (exact) mass is 319 g/mol. The predicted octanol–water partition coefficient (Wildman–Crippen LogP) is 0.798. The Labute approximate surface area is 123 Å². The average molecular weight is 319 g/mol. The van der Waals surface area contributed by atoms with E-state index in [1.54, 1.807) is 6.26 Å². The smallest absolute Gasteiger partial charge is 0.355 e. The summed E-state index contributed by atoms with van der Waals surface area (Å²) in [6, 6.07) is -0.355. The summed E-state index contributed by atoms with van der Waals surface area (Å²) in [4.78, 5) is 26.0. The molecule has 0 radical (unpaired) electrons. The molecule has 0 aromatic carbocycles. The average Bonchev–Trinajstić information content (AvgIpc) is 2.85. The number of aromatic carboxylic acids is 1. The molecule has 20 heavy (non-hydrogen) atoms. The maximum absolute atomic E-state index is 11.5. The van der Waals surface area contributed by atoms with Crippen molar-refractivity contribution in [2.45, 2.75) is 25.1 Å². The number of hydrogen-bond acceptors (Lipinski definition) is 5. The van der Waals surface area contributed by atoms with E-state index < -0.39 is 16.8 Å². The number of nitrogens with zero attached hydrogens (tertiary/aromatic N) is 1. The van der Waals surface area contributed by atoms with Crippen LogP contribution in [0.5, 0.6) is 0 Å². The van der Waals surface area contributed by atoms with Gasteiger partial charge in [-0.15, -0.1) is 11.3 Å². The second-order valence-electron chi connectivity index (χ2n) is 4.14. The van der Waals surface area contributed by atoms with Crippen molar-refractivity contribution in [1.82, 2.24) is 15.6 Å². The first-order valence-corrected chi connectivity index (χ1v) is 8.42. The third-order valence-electron chi connectivity index (χ3n) is 2.57. The van der Waals surface area contributed by atoms with Crippen molar-refractivity contribution < 1.29 is 18.9 Å². The molecule has 0 fully saturated rings. The van der Waals surface area contributed by atoms with E-state index in [1.165, 1.54) is 16.7 Å². The first kappa shape index (κ1) is 16.6. The fraction of sp³-hybridized carbons (Fsp3) is 0.545. The predicted molar refractivity (Wildman–Crippen MR) is 77.5 cm³/mol. The third kappa shape index (κ3) is 5.66. The molecule has 1 rings (SSSR count). The Hall–Kier alpha value is -1.48. The molecule has 2 unspecified atom stereocenters. The molecule has 2 atom stereocenters. The van der Waals surface area contributed by atoms with Gasteiger partial charge in [-0.1, -0.05) is 6.92 Å². The highest BCUT2D eigenvalue weighted by molar-refractivity contribution is 7.84. The van der Waals surface area contributed by atoms with E-state index in [-0.39, 0.29) is 23.5 Å². The summed E-state index contributed by atoms with van der Waals surface area (Å²) in [5.41, 5.74) is -0.0218. The Morgan fingerprint density at radius 1 is 1.50 bits per heavy atom. The van der Waals surface area contributed by atoms with Crippen molar-refractivity contribution in [3.63, 3.8) is 0 Å². The summed E-state index contributed by atoms with van der Waals surface area (Å²) in [5, 5.41) is 15.9. The molecular formula is C11H17N3O4S2. The molecule has 0 aliphatic rings. The summed E-state index contributed by atoms with van der Waals surface area (Å²) >= 11 is 1.18. The van der Waals surface area contributed by atoms with Crippen LogP contribution in [0.1, 0.15) is 28.8 Å². The van der Waals surface area contributed by atoms with E-state index in [0.717, 1.165) is 0 Å². The molecule has 1 heterocycles. The number of carbonyl (C=O) groups excluding carboxylic acids is 1. The summed E-state index contributed by atoms with van der Waals surface area (Å²) in [5.74, 6) is -1.08. The largest absolute Gasteiger partial charge is 0.476 e. The van der Waals surface area contributed by atoms with Gasteiger partial charge in [0.05, 0.1) is 6.54 Å². The summed E-state index contributed by atoms with van der Waals surface area (Å²) < 4.78 is 11.1. The Morgan fingerprint density at radius 3 is 2.75 bits per heavy atom. The zero-order valence-electron chi connectivity index (χ0n) is 11.2. The Balaban J connectivity index is 2.25. The molecule has 1 aromatic rings. The summed E-state index contributed by atoms with van der Waals surface area (Å²) in [6.45, 7) is 2.47. The van der Waals surface area contributed by atoms with Gasteiger partial charge in [0.2, 0.25) is 0 Å². The molecule has 0 aliphatic carbocycles. The van der Waals surface area contributed by atoms with E-state index in [9.17, 15) is 13.8 Å². The molecule has 0 saturated heterocycles. The van der Waals surface area contributed by atoms with E-state index in [2.05, 4.69) is 15.6 Å². The van der Waals surface area contributed by atoms with Gasteiger partial charge in [0.15, 0.2) is 5.69 Å². The number of rotatable bonds is 7. The zero-order valence-corrected chi connectivity index (χ0v) is 12.8. The van der Waals surface area contributed by atoms with Crippen LogP contribution in [0.15, 0.2) is 5.38 Å². The van der Waals surface area contributed by atoms with Crippen LogP contribution in [0.2, 0.25) is 0 Å². The molecule has 9 heteroatoms. The van der Waals surface area contributed by atoms with Gasteiger partial charge < -0.3 is 15.7 Å². The maximum atomic E-state index is 11.5. The summed E-state index contributed by atoms with van der Waals surface area (Å²) in [7, 11) is -0.896. The highest BCUT2D eigenvalue weighted by Gasteiger charge is 2.10. The van der Waals surface area contributed by atoms with Crippen LogP contribution >= 0.6 is 11.3 Å². The summed E-state index contributed by atoms with van der Waals surface area (Å²) in [6.07, 6.45) is 2.27. The van der Waals surface area contributed by atoms with E-state index in [0.29, 0.717) is 18.0 Å². The van der Waals surface area contributed by atoms with Crippen LogP contribution < -0.4 is 10.6 Å². The van der Waals surface area contributed by atoms with Gasteiger partial charge in [0.1, 0.15) is 5.01 Å². The number of urea groups is 1. The lowest BCUT2D eigenvalue weighted by Gasteiger charge is -2.09. The first-order chi connectivity index (χ1) is 9.40. The van der Waals surface area contributed by atoms with Gasteiger partial charge in [-0.3, -0.25) is 4.21 Å². The van der Waals surface area contributed by atoms with E-state index in [4.69, 9.17) is 5.11 Å². The quantitative estimate of drug-likeness (QED) is 0.689. The van der Waals surface area contributed by atoms with E-state index in [1.807, 2.05) is 6.92 Å². The van der Waals surface area contributed by atoms with Crippen LogP contribution in [0.3, 0.4) is 0 Å². The molecule has 2 amide bonds. The molecule has 0 aliphatic heterocycles. The Morgan fingerprint density at radius 2 is 2.20 bits per heavy atom. The molecule has 7 nitrogen and oxygen atoms in total. The first-order valence-electron chi connectivity index (χ1n) is 5.91. The maximum Gasteiger partial charge on any atom is 0.355 e. The minimum atomic E-state index is -1.08. The highest BCUT2D eigenvalue weighted by Crippen LogP contribution is 2.09. The molecule has 0 bridgehead atoms. The van der Waals surface area contributed by atoms with E-state index >= 15 is 0 Å². The second-order valence-corrected chi connectivity index (χ2v) is 6.88. The van der Waals surface area contributed by atoms with Crippen LogP contribution in [-0.4, -0.2) is 44.4 Å². The number of carboxylic acids is 1. The van der Waals surface area contributed by atoms with Crippen molar-refractivity contribution in [3.8, 4) is 0 Å². The SMILES string of the molecule is CC(CCNC(=O)NCc1nc(C(=O)O)cs1)S(C)=O. The lowest BCUT2D eigenvalue weighted by Crippen LogP contribution is -2.36. The Kier molecular flexibility index (Phi) is 6.59. The fourth-order valence-electron chi connectivity index (χ4n) is 1.26. The number of amides is 2. The molecule has 0 spiro atoms. The lowest BCUT2D eigenvalue weighted by molar-refractivity contribution is 0.0691. The number of carbonyl (C=O) groups is 2. The highest BCUT2D eigenvalue weighted by atomic mass is 32.2. The molecule has 1 aromatic heterocycles. The second kappa shape index (κ2) is 7.95. The van der Waals surface area contributed by atoms with Gasteiger partial charge in [-0.2, -0.15) is 0 Å². The van der Waals surface area contributed by atoms with Gasteiger partial charge >= 0.3 is 12.0 Å². The third-order valence-corrected chi connectivity index (χ3v) is 4.79. The number of aromatic nitrogens is 1. The number of nitrogens with one attached hydrogen (secondary N) is 2. The minimum Gasteiger partial charge on any atom is -0.476 e. The van der Waals surface area contributed by atoms with Crippen LogP contribution in [0.25, 0.3) is 0 Å². The molecule has 3 N–H and O–H groups in total. The normalized spacial score (nSPS) is 13.5. The van der Waals surface area contributed by atoms with Crippen molar-refractivity contribution >= 4 is 34.1 Å². The van der Waals surface area contributed by atoms with Crippen LogP contribution in [-0.2, 0) is 17.3 Å². The van der Waals surface area contributed by atoms with Crippen molar-refractivity contribution in [2.24, 2.45) is 0 Å². The molecule has 0 saturated carbocycles. The Bertz CT molecular complexity index is 504. The number of thiazole rings is 1. The van der Waals surface area contributed by atoms with Crippen molar-refractivity contribution in [1.29, 1.82) is 0 Å². The number of hydrogen-bond donors (Lipinski definition) is 3. The molecule has 112 valence electrons. The van der Waals surface area contributed by atoms with Gasteiger partial charge in [0, 0.05) is 34.2 Å². The van der Waals surface area contributed by atoms with Crippen molar-refractivity contribution in [2.75, 3.05) is 12.8 Å². The standard InChI is InChI=1S/C11H17N3O4S2/c1-7(20(2)18)3-4-12-11(17)13-5-9-14-8(6-19-9)10(15)16/h6-7H,3-5H2,1-2H3,(H,15,16)(H2,12,13,17). The minimum absolute atomic E-state index is 0.0218. The molecular weight excluding hydrogens is 302 g/mol. The number of carboxylic acid groups (broad SMARTS) is 1. The van der Waals surface area contributed by atoms with Gasteiger partial charge in [0.25, 0.3) is 0 Å². The topological polar surface area (TPSA) is 108 Å². The fourth-order valence-corrected chi connectivity index (χ4v) is 2.42. The van der Waals surface area contributed by atoms with Gasteiger partial charge in [-0.05, 0) is 6.42 Å².